The lowest BCUT2D eigenvalue weighted by Crippen LogP contribution is -2.37. The highest BCUT2D eigenvalue weighted by molar-refractivity contribution is 5.97. The van der Waals surface area contributed by atoms with Crippen LogP contribution >= 0.6 is 0 Å². The maximum absolute atomic E-state index is 11.2. The van der Waals surface area contributed by atoms with Gasteiger partial charge in [0.2, 0.25) is 5.96 Å². The van der Waals surface area contributed by atoms with Crippen LogP contribution in [0.15, 0.2) is 4.99 Å². The number of amides is 2. The average Bonchev–Trinajstić information content (AvgIpc) is 1.92. The van der Waals surface area contributed by atoms with Crippen LogP contribution in [-0.4, -0.2) is 29.3 Å². The lowest BCUT2D eigenvalue weighted by molar-refractivity contribution is 0.0561. The van der Waals surface area contributed by atoms with Gasteiger partial charge in [0.1, 0.15) is 11.2 Å². The molecule has 0 aliphatic carbocycles. The molecule has 2 amide bonds. The van der Waals surface area contributed by atoms with Crippen molar-refractivity contribution in [2.75, 3.05) is 0 Å². The van der Waals surface area contributed by atoms with Gasteiger partial charge < -0.3 is 9.47 Å². The minimum absolute atomic E-state index is 0.626. The lowest BCUT2D eigenvalue weighted by atomic mass is 10.2. The fourth-order valence-corrected chi connectivity index (χ4v) is 0.804. The van der Waals surface area contributed by atoms with Crippen LogP contribution in [-0.2, 0) is 9.47 Å². The van der Waals surface area contributed by atoms with Crippen LogP contribution in [0, 0.1) is 0 Å². The molecule has 0 saturated carbocycles. The third-order valence-electron chi connectivity index (χ3n) is 1.22. The zero-order valence-corrected chi connectivity index (χ0v) is 11.6. The van der Waals surface area contributed by atoms with Crippen LogP contribution < -0.4 is 11.1 Å². The zero-order valence-electron chi connectivity index (χ0n) is 11.6. The third-order valence-corrected chi connectivity index (χ3v) is 1.22. The van der Waals surface area contributed by atoms with E-state index in [0.29, 0.717) is 0 Å². The molecule has 0 fully saturated rings. The number of carbonyl (C=O) groups excluding carboxylic acids is 2. The summed E-state index contributed by atoms with van der Waals surface area (Å²) >= 11 is 0. The van der Waals surface area contributed by atoms with E-state index in [9.17, 15) is 9.59 Å². The van der Waals surface area contributed by atoms with Gasteiger partial charge in [-0.15, -0.1) is 4.99 Å². The smallest absolute Gasteiger partial charge is 0.437 e. The van der Waals surface area contributed by atoms with Gasteiger partial charge in [0.25, 0.3) is 0 Å². The Morgan fingerprint density at radius 3 is 1.83 bits per heavy atom. The SMILES string of the molecule is CC(C)(C)OC(=O)/N=C(\[NH])NC(=O)OC(C)(C)C. The fraction of sp³-hybridized carbons (Fsp3) is 0.727. The molecule has 0 bridgehead atoms. The maximum atomic E-state index is 11.2. The van der Waals surface area contributed by atoms with Crippen LogP contribution in [0.3, 0.4) is 0 Å². The molecule has 103 valence electrons. The first-order valence-electron chi connectivity index (χ1n) is 5.42. The van der Waals surface area contributed by atoms with E-state index < -0.39 is 29.3 Å². The molecule has 0 aliphatic heterocycles. The Balaban J connectivity index is 4.36. The van der Waals surface area contributed by atoms with E-state index in [1.807, 2.05) is 5.32 Å². The number of guanidine groups is 1. The molecule has 1 radical (unpaired) electrons. The van der Waals surface area contributed by atoms with Crippen LogP contribution in [0.4, 0.5) is 9.59 Å². The van der Waals surface area contributed by atoms with Crippen molar-refractivity contribution in [1.82, 2.24) is 11.1 Å². The fourth-order valence-electron chi connectivity index (χ4n) is 0.804. The number of hydrogen-bond donors (Lipinski definition) is 1. The summed E-state index contributed by atoms with van der Waals surface area (Å²) in [6, 6.07) is 0. The zero-order chi connectivity index (χ0) is 14.6. The summed E-state index contributed by atoms with van der Waals surface area (Å²) in [4.78, 5) is 25.7. The van der Waals surface area contributed by atoms with Crippen molar-refractivity contribution in [2.45, 2.75) is 52.7 Å². The average molecular weight is 258 g/mol. The molecule has 0 unspecified atom stereocenters. The number of hydrogen-bond acceptors (Lipinski definition) is 4. The molecular weight excluding hydrogens is 238 g/mol. The Bertz CT molecular complexity index is 350. The van der Waals surface area contributed by atoms with Gasteiger partial charge in [0, 0.05) is 0 Å². The third kappa shape index (κ3) is 9.44. The van der Waals surface area contributed by atoms with Crippen molar-refractivity contribution < 1.29 is 19.1 Å². The molecule has 7 heteroatoms. The Labute approximate surface area is 107 Å². The number of nitrogens with zero attached hydrogens (tertiary/aromatic N) is 1. The molecule has 0 aromatic heterocycles. The van der Waals surface area contributed by atoms with E-state index in [1.165, 1.54) is 0 Å². The molecule has 18 heavy (non-hydrogen) atoms. The van der Waals surface area contributed by atoms with E-state index in [0.717, 1.165) is 0 Å². The molecule has 0 aromatic carbocycles. The van der Waals surface area contributed by atoms with Gasteiger partial charge in [-0.3, -0.25) is 11.1 Å². The molecule has 7 nitrogen and oxygen atoms in total. The molecular formula is C11H20N3O4. The quantitative estimate of drug-likeness (QED) is 0.531. The molecule has 0 aromatic rings. The van der Waals surface area contributed by atoms with Gasteiger partial charge in [0.15, 0.2) is 0 Å². The Morgan fingerprint density at radius 2 is 1.44 bits per heavy atom. The molecule has 2 N–H and O–H groups in total. The second-order valence-electron chi connectivity index (χ2n) is 5.57. The largest absolute Gasteiger partial charge is 0.444 e. The first kappa shape index (κ1) is 16.2. The first-order valence-corrected chi connectivity index (χ1v) is 5.42. The van der Waals surface area contributed by atoms with Gasteiger partial charge >= 0.3 is 12.2 Å². The van der Waals surface area contributed by atoms with E-state index in [-0.39, 0.29) is 0 Å². The Hall–Kier alpha value is -1.79. The van der Waals surface area contributed by atoms with Gasteiger partial charge in [0.05, 0.1) is 0 Å². The molecule has 0 atom stereocenters. The Kier molecular flexibility index (Phi) is 5.13. The van der Waals surface area contributed by atoms with Gasteiger partial charge in [-0.1, -0.05) is 0 Å². The van der Waals surface area contributed by atoms with Crippen LogP contribution in [0.25, 0.3) is 0 Å². The summed E-state index contributed by atoms with van der Waals surface area (Å²) in [5.74, 6) is -0.626. The number of ether oxygens (including phenoxy) is 2. The molecule has 0 rings (SSSR count). The Morgan fingerprint density at radius 1 is 1.00 bits per heavy atom. The second-order valence-corrected chi connectivity index (χ2v) is 5.57. The summed E-state index contributed by atoms with van der Waals surface area (Å²) < 4.78 is 9.74. The molecule has 0 heterocycles. The molecule has 0 saturated heterocycles. The van der Waals surface area contributed by atoms with E-state index >= 15 is 0 Å². The highest BCUT2D eigenvalue weighted by atomic mass is 16.6. The standard InChI is InChI=1S/C11H20N3O4/c1-10(2,3)17-8(15)13-7(12)14-9(16)18-11(4,5)6/h12H,1-6H3,(H,13,14,15,16). The number of alkyl carbamates (subject to hydrolysis) is 1. The van der Waals surface area contributed by atoms with Crippen LogP contribution in [0.2, 0.25) is 0 Å². The van der Waals surface area contributed by atoms with E-state index in [1.54, 1.807) is 41.5 Å². The topological polar surface area (TPSA) is 101 Å². The van der Waals surface area contributed by atoms with Crippen LogP contribution in [0.1, 0.15) is 41.5 Å². The number of aliphatic imine (C=N–C) groups is 1. The highest BCUT2D eigenvalue weighted by Crippen LogP contribution is 2.08. The lowest BCUT2D eigenvalue weighted by Gasteiger charge is -2.19. The van der Waals surface area contributed by atoms with Crippen molar-refractivity contribution in [3.63, 3.8) is 0 Å². The molecule has 0 spiro atoms. The monoisotopic (exact) mass is 258 g/mol. The summed E-state index contributed by atoms with van der Waals surface area (Å²) in [5, 5.41) is 2.01. The predicted octanol–water partition coefficient (Wildman–Crippen LogP) is 2.09. The number of rotatable bonds is 0. The normalized spacial score (nSPS) is 12.9. The predicted molar refractivity (Wildman–Crippen MR) is 66.1 cm³/mol. The highest BCUT2D eigenvalue weighted by Gasteiger charge is 2.19. The summed E-state index contributed by atoms with van der Waals surface area (Å²) in [7, 11) is 0. The summed E-state index contributed by atoms with van der Waals surface area (Å²) in [6.45, 7) is 10.1. The van der Waals surface area contributed by atoms with E-state index in [4.69, 9.17) is 15.2 Å². The van der Waals surface area contributed by atoms with Gasteiger partial charge in [-0.2, -0.15) is 0 Å². The van der Waals surface area contributed by atoms with Crippen LogP contribution in [0.5, 0.6) is 0 Å². The first-order chi connectivity index (χ1) is 7.89. The summed E-state index contributed by atoms with van der Waals surface area (Å²) in [6.07, 6.45) is -1.79. The van der Waals surface area contributed by atoms with E-state index in [2.05, 4.69) is 4.99 Å². The summed E-state index contributed by atoms with van der Waals surface area (Å²) in [5.41, 5.74) is 5.90. The maximum Gasteiger partial charge on any atom is 0.437 e. The number of nitrogens with one attached hydrogen (secondary N) is 2. The van der Waals surface area contributed by atoms with Gasteiger partial charge in [-0.05, 0) is 41.5 Å². The van der Waals surface area contributed by atoms with Crippen molar-refractivity contribution in [3.8, 4) is 0 Å². The van der Waals surface area contributed by atoms with Crippen molar-refractivity contribution in [3.05, 3.63) is 0 Å². The number of carbonyl (C=O) groups is 2. The molecule has 0 aliphatic rings. The van der Waals surface area contributed by atoms with Crippen molar-refractivity contribution >= 4 is 18.1 Å². The van der Waals surface area contributed by atoms with Crippen molar-refractivity contribution in [2.24, 2.45) is 4.99 Å². The van der Waals surface area contributed by atoms with Gasteiger partial charge in [-0.25, -0.2) is 9.59 Å². The minimum Gasteiger partial charge on any atom is -0.444 e. The minimum atomic E-state index is -0.941. The van der Waals surface area contributed by atoms with Crippen molar-refractivity contribution in [1.29, 1.82) is 0 Å². The second kappa shape index (κ2) is 5.70.